The van der Waals surface area contributed by atoms with Gasteiger partial charge in [-0.2, -0.15) is 8.78 Å². The molecule has 0 amide bonds. The summed E-state index contributed by atoms with van der Waals surface area (Å²) >= 11 is 0. The lowest BCUT2D eigenvalue weighted by Crippen LogP contribution is -2.18. The van der Waals surface area contributed by atoms with Crippen LogP contribution in [0.4, 0.5) is 22.0 Å². The number of halogens is 5. The van der Waals surface area contributed by atoms with Crippen molar-refractivity contribution < 1.29 is 36.5 Å². The lowest BCUT2D eigenvalue weighted by Gasteiger charge is -2.13. The lowest BCUT2D eigenvalue weighted by molar-refractivity contribution is -0.275. The van der Waals surface area contributed by atoms with E-state index in [0.717, 1.165) is 12.1 Å². The number of ether oxygens (including phenoxy) is 2. The van der Waals surface area contributed by atoms with Gasteiger partial charge in [0.25, 0.3) is 0 Å². The van der Waals surface area contributed by atoms with E-state index in [2.05, 4.69) is 9.47 Å². The van der Waals surface area contributed by atoms with Crippen LogP contribution in [0.25, 0.3) is 0 Å². The first-order chi connectivity index (χ1) is 7.28. The smallest absolute Gasteiger partial charge is 0.508 e. The third-order valence-electron chi connectivity index (χ3n) is 1.37. The molecule has 0 fully saturated rings. The molecule has 0 radical (unpaired) electrons. The van der Waals surface area contributed by atoms with E-state index in [1.165, 1.54) is 0 Å². The second kappa shape index (κ2) is 4.42. The predicted octanol–water partition coefficient (Wildman–Crippen LogP) is 2.89. The van der Waals surface area contributed by atoms with Crippen LogP contribution in [0.3, 0.4) is 0 Å². The Morgan fingerprint density at radius 1 is 1.12 bits per heavy atom. The quantitative estimate of drug-likeness (QED) is 0.831. The molecule has 0 atom stereocenters. The average Bonchev–Trinajstić information content (AvgIpc) is 2.06. The van der Waals surface area contributed by atoms with Crippen molar-refractivity contribution in [2.75, 3.05) is 0 Å². The standard InChI is InChI=1S/C8H5F5O3/c9-7(10)15-5-2-1-4(14)3-6(5)16-8(11,12)13/h1-3,7,14H. The van der Waals surface area contributed by atoms with Gasteiger partial charge < -0.3 is 14.6 Å². The third-order valence-corrected chi connectivity index (χ3v) is 1.37. The number of phenolic OH excluding ortho intramolecular Hbond substituents is 1. The molecule has 16 heavy (non-hydrogen) atoms. The first kappa shape index (κ1) is 12.3. The summed E-state index contributed by atoms with van der Waals surface area (Å²) in [6, 6.07) is 2.15. The Bertz CT molecular complexity index is 363. The Morgan fingerprint density at radius 2 is 1.75 bits per heavy atom. The maximum Gasteiger partial charge on any atom is 0.573 e. The number of benzene rings is 1. The molecule has 0 aliphatic heterocycles. The molecular weight excluding hydrogens is 239 g/mol. The highest BCUT2D eigenvalue weighted by molar-refractivity contribution is 5.45. The van der Waals surface area contributed by atoms with Gasteiger partial charge >= 0.3 is 13.0 Å². The lowest BCUT2D eigenvalue weighted by atomic mass is 10.3. The van der Waals surface area contributed by atoms with Gasteiger partial charge in [-0.15, -0.1) is 13.2 Å². The van der Waals surface area contributed by atoms with Crippen molar-refractivity contribution in [2.45, 2.75) is 13.0 Å². The summed E-state index contributed by atoms with van der Waals surface area (Å²) in [5, 5.41) is 8.88. The maximum atomic E-state index is 11.8. The number of alkyl halides is 5. The fourth-order valence-electron chi connectivity index (χ4n) is 0.895. The van der Waals surface area contributed by atoms with E-state index in [1.807, 2.05) is 0 Å². The SMILES string of the molecule is Oc1ccc(OC(F)F)c(OC(F)(F)F)c1. The van der Waals surface area contributed by atoms with Crippen LogP contribution in [0.5, 0.6) is 17.2 Å². The van der Waals surface area contributed by atoms with Gasteiger partial charge in [0.2, 0.25) is 0 Å². The van der Waals surface area contributed by atoms with Crippen molar-refractivity contribution in [1.29, 1.82) is 0 Å². The molecule has 0 aromatic heterocycles. The van der Waals surface area contributed by atoms with Gasteiger partial charge in [0, 0.05) is 6.07 Å². The van der Waals surface area contributed by atoms with E-state index in [-0.39, 0.29) is 0 Å². The molecule has 1 aromatic carbocycles. The Labute approximate surface area is 86.0 Å². The highest BCUT2D eigenvalue weighted by Crippen LogP contribution is 2.35. The minimum atomic E-state index is -5.06. The predicted molar refractivity (Wildman–Crippen MR) is 41.4 cm³/mol. The summed E-state index contributed by atoms with van der Waals surface area (Å²) in [4.78, 5) is 0. The highest BCUT2D eigenvalue weighted by atomic mass is 19.4. The van der Waals surface area contributed by atoms with E-state index in [0.29, 0.717) is 6.07 Å². The Kier molecular flexibility index (Phi) is 3.41. The Morgan fingerprint density at radius 3 is 2.25 bits per heavy atom. The zero-order valence-corrected chi connectivity index (χ0v) is 7.46. The van der Waals surface area contributed by atoms with Gasteiger partial charge in [0.1, 0.15) is 5.75 Å². The van der Waals surface area contributed by atoms with Crippen LogP contribution < -0.4 is 9.47 Å². The summed E-state index contributed by atoms with van der Waals surface area (Å²) in [5.41, 5.74) is 0. The van der Waals surface area contributed by atoms with Crippen LogP contribution in [-0.4, -0.2) is 18.1 Å². The fraction of sp³-hybridized carbons (Fsp3) is 0.250. The Hall–Kier alpha value is -1.73. The second-order valence-corrected chi connectivity index (χ2v) is 2.56. The zero-order valence-electron chi connectivity index (χ0n) is 7.46. The van der Waals surface area contributed by atoms with Crippen LogP contribution in [0.15, 0.2) is 18.2 Å². The van der Waals surface area contributed by atoms with Crippen molar-refractivity contribution in [2.24, 2.45) is 0 Å². The molecule has 0 bridgehead atoms. The topological polar surface area (TPSA) is 38.7 Å². The molecule has 0 unspecified atom stereocenters. The first-order valence-corrected chi connectivity index (χ1v) is 3.81. The number of phenols is 1. The number of rotatable bonds is 3. The van der Waals surface area contributed by atoms with E-state index >= 15 is 0 Å². The minimum Gasteiger partial charge on any atom is -0.508 e. The molecule has 1 rings (SSSR count). The van der Waals surface area contributed by atoms with Crippen molar-refractivity contribution >= 4 is 0 Å². The highest BCUT2D eigenvalue weighted by Gasteiger charge is 2.33. The van der Waals surface area contributed by atoms with Gasteiger partial charge in [-0.1, -0.05) is 0 Å². The molecule has 8 heteroatoms. The molecule has 1 aromatic rings. The second-order valence-electron chi connectivity index (χ2n) is 2.56. The van der Waals surface area contributed by atoms with Crippen molar-refractivity contribution in [3.05, 3.63) is 18.2 Å². The molecule has 0 saturated heterocycles. The number of hydrogen-bond donors (Lipinski definition) is 1. The minimum absolute atomic E-state index is 0.519. The van der Waals surface area contributed by atoms with Crippen LogP contribution in [-0.2, 0) is 0 Å². The molecule has 90 valence electrons. The van der Waals surface area contributed by atoms with Crippen molar-refractivity contribution in [3.63, 3.8) is 0 Å². The normalized spacial score (nSPS) is 11.6. The summed E-state index contributed by atoms with van der Waals surface area (Å²) < 4.78 is 66.3. The number of aromatic hydroxyl groups is 1. The average molecular weight is 244 g/mol. The first-order valence-electron chi connectivity index (χ1n) is 3.81. The number of hydrogen-bond acceptors (Lipinski definition) is 3. The van der Waals surface area contributed by atoms with Gasteiger partial charge in [-0.3, -0.25) is 0 Å². The van der Waals surface area contributed by atoms with Gasteiger partial charge in [-0.05, 0) is 12.1 Å². The molecule has 0 heterocycles. The maximum absolute atomic E-state index is 11.8. The van der Waals surface area contributed by atoms with Crippen molar-refractivity contribution in [1.82, 2.24) is 0 Å². The molecular formula is C8H5F5O3. The monoisotopic (exact) mass is 244 g/mol. The van der Waals surface area contributed by atoms with E-state index in [9.17, 15) is 22.0 Å². The zero-order chi connectivity index (χ0) is 12.3. The summed E-state index contributed by atoms with van der Waals surface area (Å²) in [6.07, 6.45) is -5.06. The summed E-state index contributed by atoms with van der Waals surface area (Å²) in [5.74, 6) is -2.42. The van der Waals surface area contributed by atoms with Crippen LogP contribution in [0.1, 0.15) is 0 Å². The largest absolute Gasteiger partial charge is 0.573 e. The third kappa shape index (κ3) is 3.79. The van der Waals surface area contributed by atoms with E-state index in [4.69, 9.17) is 5.11 Å². The molecule has 0 aliphatic carbocycles. The summed E-state index contributed by atoms with van der Waals surface area (Å²) in [6.45, 7) is -3.29. The van der Waals surface area contributed by atoms with Crippen LogP contribution in [0.2, 0.25) is 0 Å². The van der Waals surface area contributed by atoms with Crippen molar-refractivity contribution in [3.8, 4) is 17.2 Å². The van der Waals surface area contributed by atoms with E-state index < -0.39 is 30.2 Å². The molecule has 0 spiro atoms. The van der Waals surface area contributed by atoms with Gasteiger partial charge in [0.05, 0.1) is 0 Å². The van der Waals surface area contributed by atoms with Crippen LogP contribution in [0, 0.1) is 0 Å². The molecule has 0 aliphatic rings. The van der Waals surface area contributed by atoms with Crippen LogP contribution >= 0.6 is 0 Å². The van der Waals surface area contributed by atoms with Gasteiger partial charge in [-0.25, -0.2) is 0 Å². The molecule has 1 N–H and O–H groups in total. The van der Waals surface area contributed by atoms with Gasteiger partial charge in [0.15, 0.2) is 11.5 Å². The fourth-order valence-corrected chi connectivity index (χ4v) is 0.895. The van der Waals surface area contributed by atoms with E-state index in [1.54, 1.807) is 0 Å². The Balaban J connectivity index is 2.98. The molecule has 0 saturated carbocycles. The molecule has 3 nitrogen and oxygen atoms in total. The summed E-state index contributed by atoms with van der Waals surface area (Å²) in [7, 11) is 0.